The lowest BCUT2D eigenvalue weighted by molar-refractivity contribution is 1.47. The summed E-state index contributed by atoms with van der Waals surface area (Å²) in [6.45, 7) is -2.14. The van der Waals surface area contributed by atoms with Crippen molar-refractivity contribution < 1.29 is 4.11 Å². The fourth-order valence-electron chi connectivity index (χ4n) is 0.554. The van der Waals surface area contributed by atoms with Crippen LogP contribution in [-0.4, -0.2) is 0 Å². The van der Waals surface area contributed by atoms with E-state index in [0.29, 0.717) is 10.0 Å². The molecule has 0 aliphatic heterocycles. The van der Waals surface area contributed by atoms with Gasteiger partial charge in [0.05, 0.1) is 0 Å². The second kappa shape index (κ2) is 2.59. The van der Waals surface area contributed by atoms with E-state index in [0.717, 1.165) is 0 Å². The Morgan fingerprint density at radius 1 is 1.22 bits per heavy atom. The van der Waals surface area contributed by atoms with Crippen LogP contribution in [0.1, 0.15) is 9.68 Å². The minimum absolute atomic E-state index is 0.167. The molecule has 0 fully saturated rings. The van der Waals surface area contributed by atoms with Crippen molar-refractivity contribution in [2.45, 2.75) is 6.85 Å². The average Bonchev–Trinajstić information content (AvgIpc) is 1.82. The molecule has 48 valence electrons. The second-order valence-electron chi connectivity index (χ2n) is 1.66. The largest absolute Gasteiger partial charge is 0.0843 e. The summed E-state index contributed by atoms with van der Waals surface area (Å²) in [7, 11) is 0. The van der Waals surface area contributed by atoms with Gasteiger partial charge in [-0.2, -0.15) is 0 Å². The van der Waals surface area contributed by atoms with Gasteiger partial charge < -0.3 is 0 Å². The molecule has 0 unspecified atom stereocenters. The molecule has 0 atom stereocenters. The highest BCUT2D eigenvalue weighted by Crippen LogP contribution is 2.17. The Balaban J connectivity index is 3.18. The summed E-state index contributed by atoms with van der Waals surface area (Å²) >= 11 is 11.2. The molecular weight excluding hydrogens is 155 g/mol. The fourth-order valence-corrected chi connectivity index (χ4v) is 1.08. The number of hydrogen-bond donors (Lipinski definition) is 0. The molecule has 0 saturated carbocycles. The van der Waals surface area contributed by atoms with Crippen molar-refractivity contribution in [1.29, 1.82) is 0 Å². The van der Waals surface area contributed by atoms with Gasteiger partial charge in [-0.05, 0) is 30.6 Å². The first-order chi connectivity index (χ1) is 5.39. The average molecular weight is 164 g/mol. The van der Waals surface area contributed by atoms with Crippen molar-refractivity contribution in [3.8, 4) is 0 Å². The van der Waals surface area contributed by atoms with E-state index in [4.69, 9.17) is 27.3 Å². The van der Waals surface area contributed by atoms with Gasteiger partial charge >= 0.3 is 0 Å². The molecule has 0 spiro atoms. The molecule has 1 rings (SSSR count). The maximum atomic E-state index is 7.08. The normalized spacial score (nSPS) is 16.0. The summed E-state index contributed by atoms with van der Waals surface area (Å²) in [5, 5.41) is 0.683. The number of aryl methyl sites for hydroxylation is 1. The van der Waals surface area contributed by atoms with Crippen LogP contribution in [0.4, 0.5) is 0 Å². The van der Waals surface area contributed by atoms with Crippen molar-refractivity contribution in [3.63, 3.8) is 0 Å². The van der Waals surface area contributed by atoms with Gasteiger partial charge in [-0.1, -0.05) is 23.2 Å². The molecule has 1 aromatic carbocycles. The summed E-state index contributed by atoms with van der Waals surface area (Å²) in [4.78, 5) is 0. The Kier molecular flexibility index (Phi) is 1.11. The van der Waals surface area contributed by atoms with Crippen LogP contribution in [0, 0.1) is 6.85 Å². The first kappa shape index (κ1) is 3.85. The molecule has 9 heavy (non-hydrogen) atoms. The second-order valence-corrected chi connectivity index (χ2v) is 2.53. The highest BCUT2D eigenvalue weighted by molar-refractivity contribution is 6.34. The molecule has 0 amide bonds. The third kappa shape index (κ3) is 1.88. The van der Waals surface area contributed by atoms with Gasteiger partial charge in [-0.25, -0.2) is 0 Å². The molecular formula is C7H6Cl2. The number of benzene rings is 1. The molecule has 0 heterocycles. The van der Waals surface area contributed by atoms with E-state index >= 15 is 0 Å². The maximum Gasteiger partial charge on any atom is 0.0423 e. The molecule has 0 saturated heterocycles. The number of hydrogen-bond acceptors (Lipinski definition) is 0. The zero-order chi connectivity index (χ0) is 9.35. The lowest BCUT2D eigenvalue weighted by atomic mass is 10.2. The molecule has 0 nitrogen and oxygen atoms in total. The Labute approximate surface area is 68.6 Å². The van der Waals surface area contributed by atoms with Crippen LogP contribution >= 0.6 is 23.2 Å². The molecule has 0 N–H and O–H groups in total. The molecule has 0 radical (unpaired) electrons. The van der Waals surface area contributed by atoms with Crippen LogP contribution in [0.2, 0.25) is 10.0 Å². The smallest absolute Gasteiger partial charge is 0.0423 e. The summed E-state index contributed by atoms with van der Waals surface area (Å²) < 4.78 is 21.2. The van der Waals surface area contributed by atoms with Crippen LogP contribution < -0.4 is 0 Å². The molecule has 2 heteroatoms. The zero-order valence-corrected chi connectivity index (χ0v) is 6.00. The van der Waals surface area contributed by atoms with Gasteiger partial charge in [0.2, 0.25) is 0 Å². The minimum Gasteiger partial charge on any atom is -0.0843 e. The predicted molar refractivity (Wildman–Crippen MR) is 41.2 cm³/mol. The quantitative estimate of drug-likeness (QED) is 0.551. The molecule has 0 bridgehead atoms. The topological polar surface area (TPSA) is 0 Å². The van der Waals surface area contributed by atoms with Crippen LogP contribution in [0.5, 0.6) is 0 Å². The summed E-state index contributed by atoms with van der Waals surface area (Å²) in [5.74, 6) is 0. The van der Waals surface area contributed by atoms with Crippen molar-refractivity contribution in [1.82, 2.24) is 0 Å². The molecule has 0 aliphatic rings. The van der Waals surface area contributed by atoms with Gasteiger partial charge in [0.25, 0.3) is 0 Å². The van der Waals surface area contributed by atoms with Crippen LogP contribution in [0.25, 0.3) is 0 Å². The summed E-state index contributed by atoms with van der Waals surface area (Å²) in [5.41, 5.74) is 0.167. The standard InChI is InChI=1S/C7H6Cl2/c1-5-2-6(8)4-7(9)3-5/h2-4H,1H3/i1D3. The maximum absolute atomic E-state index is 7.08. The lowest BCUT2D eigenvalue weighted by Crippen LogP contribution is -1.70. The summed E-state index contributed by atoms with van der Waals surface area (Å²) in [6.07, 6.45) is 0. The third-order valence-corrected chi connectivity index (χ3v) is 1.30. The highest BCUT2D eigenvalue weighted by Gasteiger charge is 1.90. The van der Waals surface area contributed by atoms with E-state index in [9.17, 15) is 0 Å². The van der Waals surface area contributed by atoms with Crippen LogP contribution in [0.15, 0.2) is 18.2 Å². The fraction of sp³-hybridized carbons (Fsp3) is 0.143. The number of halogens is 2. The van der Waals surface area contributed by atoms with Crippen molar-refractivity contribution in [2.24, 2.45) is 0 Å². The van der Waals surface area contributed by atoms with Crippen molar-refractivity contribution in [3.05, 3.63) is 33.8 Å². The monoisotopic (exact) mass is 163 g/mol. The zero-order valence-electron chi connectivity index (χ0n) is 7.49. The van der Waals surface area contributed by atoms with Crippen molar-refractivity contribution >= 4 is 23.2 Å². The van der Waals surface area contributed by atoms with E-state index in [1.807, 2.05) is 0 Å². The van der Waals surface area contributed by atoms with E-state index < -0.39 is 6.85 Å². The van der Waals surface area contributed by atoms with Gasteiger partial charge in [-0.3, -0.25) is 0 Å². The summed E-state index contributed by atoms with van der Waals surface area (Å²) in [6, 6.07) is 4.28. The Morgan fingerprint density at radius 2 is 1.78 bits per heavy atom. The Hall–Kier alpha value is -0.200. The number of rotatable bonds is 0. The Morgan fingerprint density at radius 3 is 2.22 bits per heavy atom. The lowest BCUT2D eigenvalue weighted by Gasteiger charge is -1.93. The van der Waals surface area contributed by atoms with E-state index in [1.165, 1.54) is 18.2 Å². The van der Waals surface area contributed by atoms with Gasteiger partial charge in [0, 0.05) is 14.2 Å². The molecule has 0 aromatic heterocycles. The van der Waals surface area contributed by atoms with E-state index in [-0.39, 0.29) is 5.56 Å². The van der Waals surface area contributed by atoms with Gasteiger partial charge in [0.15, 0.2) is 0 Å². The van der Waals surface area contributed by atoms with Crippen LogP contribution in [-0.2, 0) is 0 Å². The van der Waals surface area contributed by atoms with E-state index in [1.54, 1.807) is 0 Å². The molecule has 1 aromatic rings. The first-order valence-corrected chi connectivity index (χ1v) is 3.12. The van der Waals surface area contributed by atoms with E-state index in [2.05, 4.69) is 0 Å². The SMILES string of the molecule is [2H]C([2H])([2H])c1cc(Cl)cc(Cl)c1. The van der Waals surface area contributed by atoms with Gasteiger partial charge in [0.1, 0.15) is 0 Å². The van der Waals surface area contributed by atoms with Crippen molar-refractivity contribution in [2.75, 3.05) is 0 Å². The third-order valence-electron chi connectivity index (χ3n) is 0.863. The highest BCUT2D eigenvalue weighted by atomic mass is 35.5. The van der Waals surface area contributed by atoms with Gasteiger partial charge in [-0.15, -0.1) is 0 Å². The molecule has 0 aliphatic carbocycles. The predicted octanol–water partition coefficient (Wildman–Crippen LogP) is 3.30. The Bertz CT molecular complexity index is 273. The first-order valence-electron chi connectivity index (χ1n) is 3.86. The minimum atomic E-state index is -2.14. The van der Waals surface area contributed by atoms with Crippen LogP contribution in [0.3, 0.4) is 0 Å².